The van der Waals surface area contributed by atoms with Crippen molar-refractivity contribution >= 4 is 5.91 Å². The molecular weight excluding hydrogens is 164 g/mol. The topological polar surface area (TPSA) is 41.1 Å². The summed E-state index contributed by atoms with van der Waals surface area (Å²) < 4.78 is 0. The Balaban J connectivity index is 0.000000671. The van der Waals surface area contributed by atoms with Gasteiger partial charge < -0.3 is 10.6 Å². The van der Waals surface area contributed by atoms with Crippen LogP contribution >= 0.6 is 0 Å². The maximum Gasteiger partial charge on any atom is 0.223 e. The highest BCUT2D eigenvalue weighted by atomic mass is 16.1. The number of hydrogen-bond donors (Lipinski definition) is 2. The van der Waals surface area contributed by atoms with E-state index in [9.17, 15) is 4.79 Å². The van der Waals surface area contributed by atoms with Crippen LogP contribution in [0.1, 0.15) is 33.6 Å². The highest BCUT2D eigenvalue weighted by Gasteiger charge is 2.19. The van der Waals surface area contributed by atoms with E-state index >= 15 is 0 Å². The molecule has 0 bridgehead atoms. The molecule has 0 aromatic heterocycles. The van der Waals surface area contributed by atoms with Gasteiger partial charge in [0.2, 0.25) is 5.91 Å². The van der Waals surface area contributed by atoms with E-state index in [1.807, 2.05) is 20.8 Å². The van der Waals surface area contributed by atoms with Crippen molar-refractivity contribution in [3.05, 3.63) is 0 Å². The van der Waals surface area contributed by atoms with Gasteiger partial charge >= 0.3 is 0 Å². The maximum absolute atomic E-state index is 11.3. The molecule has 13 heavy (non-hydrogen) atoms. The second-order valence-electron chi connectivity index (χ2n) is 2.92. The van der Waals surface area contributed by atoms with E-state index in [1.165, 1.54) is 0 Å². The number of rotatable bonds is 2. The molecule has 0 aliphatic carbocycles. The number of carbonyl (C=O) groups excluding carboxylic acids is 1. The van der Waals surface area contributed by atoms with Gasteiger partial charge in [-0.05, 0) is 32.9 Å². The molecule has 1 aliphatic rings. The van der Waals surface area contributed by atoms with Crippen LogP contribution in [0.15, 0.2) is 0 Å². The summed E-state index contributed by atoms with van der Waals surface area (Å²) in [4.78, 5) is 11.3. The molecule has 3 heteroatoms. The Morgan fingerprint density at radius 3 is 2.38 bits per heavy atom. The van der Waals surface area contributed by atoms with Gasteiger partial charge in [-0.15, -0.1) is 0 Å². The van der Waals surface area contributed by atoms with Gasteiger partial charge in [0.1, 0.15) is 0 Å². The third-order valence-electron chi connectivity index (χ3n) is 2.06. The molecule has 0 aromatic rings. The summed E-state index contributed by atoms with van der Waals surface area (Å²) in [6.45, 7) is 8.69. The third kappa shape index (κ3) is 4.88. The van der Waals surface area contributed by atoms with Crippen molar-refractivity contribution in [2.45, 2.75) is 33.6 Å². The molecule has 0 atom stereocenters. The molecule has 3 nitrogen and oxygen atoms in total. The minimum atomic E-state index is 0.231. The normalized spacial score (nSPS) is 17.2. The van der Waals surface area contributed by atoms with Crippen LogP contribution in [0.2, 0.25) is 0 Å². The van der Waals surface area contributed by atoms with Gasteiger partial charge in [0.15, 0.2) is 0 Å². The van der Waals surface area contributed by atoms with Crippen LogP contribution in [0.3, 0.4) is 0 Å². The zero-order valence-corrected chi connectivity index (χ0v) is 9.02. The fourth-order valence-corrected chi connectivity index (χ4v) is 1.40. The summed E-state index contributed by atoms with van der Waals surface area (Å²) >= 11 is 0. The van der Waals surface area contributed by atoms with Crippen LogP contribution in [0.25, 0.3) is 0 Å². The van der Waals surface area contributed by atoms with Crippen LogP contribution in [-0.4, -0.2) is 25.5 Å². The lowest BCUT2D eigenvalue weighted by Gasteiger charge is -2.21. The van der Waals surface area contributed by atoms with E-state index in [2.05, 4.69) is 10.6 Å². The first-order valence-corrected chi connectivity index (χ1v) is 5.33. The van der Waals surface area contributed by atoms with Gasteiger partial charge in [-0.3, -0.25) is 4.79 Å². The van der Waals surface area contributed by atoms with Gasteiger partial charge in [0.05, 0.1) is 0 Å². The molecule has 1 aliphatic heterocycles. The second kappa shape index (κ2) is 8.05. The lowest BCUT2D eigenvalue weighted by atomic mass is 9.97. The molecule has 1 fully saturated rings. The fraction of sp³-hybridized carbons (Fsp3) is 0.900. The van der Waals surface area contributed by atoms with E-state index in [4.69, 9.17) is 0 Å². The van der Waals surface area contributed by atoms with Crippen LogP contribution in [-0.2, 0) is 4.79 Å². The zero-order chi connectivity index (χ0) is 10.1. The Bertz CT molecular complexity index is 131. The molecule has 0 spiro atoms. The summed E-state index contributed by atoms with van der Waals surface area (Å²) in [6.07, 6.45) is 1.98. The van der Waals surface area contributed by atoms with Crippen molar-refractivity contribution in [2.24, 2.45) is 5.92 Å². The van der Waals surface area contributed by atoms with E-state index in [0.717, 1.165) is 32.5 Å². The van der Waals surface area contributed by atoms with Crippen LogP contribution in [0.5, 0.6) is 0 Å². The summed E-state index contributed by atoms with van der Waals surface area (Å²) in [5, 5.41) is 6.08. The number of amides is 1. The molecule has 1 amide bonds. The summed E-state index contributed by atoms with van der Waals surface area (Å²) in [5.74, 6) is 0.491. The Morgan fingerprint density at radius 2 is 1.92 bits per heavy atom. The summed E-state index contributed by atoms with van der Waals surface area (Å²) in [7, 11) is 0. The molecule has 1 rings (SSSR count). The van der Waals surface area contributed by atoms with Crippen LogP contribution in [0.4, 0.5) is 0 Å². The predicted molar refractivity (Wildman–Crippen MR) is 55.6 cm³/mol. The standard InChI is InChI=1S/C8H16N2O.C2H6/c1-2-10-8(11)7-3-5-9-6-4-7;1-2/h7,9H,2-6H2,1H3,(H,10,11);1-2H3. The molecule has 0 saturated carbocycles. The molecule has 2 N–H and O–H groups in total. The summed E-state index contributed by atoms with van der Waals surface area (Å²) in [6, 6.07) is 0. The largest absolute Gasteiger partial charge is 0.356 e. The molecule has 1 saturated heterocycles. The molecule has 78 valence electrons. The van der Waals surface area contributed by atoms with E-state index < -0.39 is 0 Å². The minimum absolute atomic E-state index is 0.231. The average molecular weight is 186 g/mol. The highest BCUT2D eigenvalue weighted by molar-refractivity contribution is 5.78. The van der Waals surface area contributed by atoms with Gasteiger partial charge in [0, 0.05) is 12.5 Å². The molecule has 0 unspecified atom stereocenters. The zero-order valence-electron chi connectivity index (χ0n) is 9.02. The minimum Gasteiger partial charge on any atom is -0.356 e. The van der Waals surface area contributed by atoms with E-state index in [0.29, 0.717) is 0 Å². The molecular formula is C10H22N2O. The first-order chi connectivity index (χ1) is 6.34. The first-order valence-electron chi connectivity index (χ1n) is 5.33. The fourth-order valence-electron chi connectivity index (χ4n) is 1.40. The van der Waals surface area contributed by atoms with Crippen LogP contribution in [0, 0.1) is 5.92 Å². The lowest BCUT2D eigenvalue weighted by Crippen LogP contribution is -2.37. The maximum atomic E-state index is 11.3. The average Bonchev–Trinajstić information content (AvgIpc) is 2.23. The van der Waals surface area contributed by atoms with E-state index in [-0.39, 0.29) is 11.8 Å². The van der Waals surface area contributed by atoms with E-state index in [1.54, 1.807) is 0 Å². The second-order valence-corrected chi connectivity index (χ2v) is 2.92. The highest BCUT2D eigenvalue weighted by Crippen LogP contribution is 2.10. The third-order valence-corrected chi connectivity index (χ3v) is 2.06. The molecule has 0 radical (unpaired) electrons. The van der Waals surface area contributed by atoms with Gasteiger partial charge in [-0.2, -0.15) is 0 Å². The number of carbonyl (C=O) groups is 1. The number of nitrogens with one attached hydrogen (secondary N) is 2. The first kappa shape index (κ1) is 12.4. The van der Waals surface area contributed by atoms with Crippen molar-refractivity contribution in [3.63, 3.8) is 0 Å². The Labute approximate surface area is 81.3 Å². The van der Waals surface area contributed by atoms with Gasteiger partial charge in [-0.1, -0.05) is 13.8 Å². The number of piperidine rings is 1. The Morgan fingerprint density at radius 1 is 1.38 bits per heavy atom. The quantitative estimate of drug-likeness (QED) is 0.679. The van der Waals surface area contributed by atoms with Crippen molar-refractivity contribution in [2.75, 3.05) is 19.6 Å². The molecule has 0 aromatic carbocycles. The molecule has 1 heterocycles. The van der Waals surface area contributed by atoms with Crippen molar-refractivity contribution in [1.82, 2.24) is 10.6 Å². The van der Waals surface area contributed by atoms with Gasteiger partial charge in [0.25, 0.3) is 0 Å². The monoisotopic (exact) mass is 186 g/mol. The van der Waals surface area contributed by atoms with Crippen LogP contribution < -0.4 is 10.6 Å². The van der Waals surface area contributed by atoms with Crippen molar-refractivity contribution < 1.29 is 4.79 Å². The van der Waals surface area contributed by atoms with Gasteiger partial charge in [-0.25, -0.2) is 0 Å². The predicted octanol–water partition coefficient (Wildman–Crippen LogP) is 1.15. The SMILES string of the molecule is CC.CCNC(=O)C1CCNCC1. The Hall–Kier alpha value is -0.570. The Kier molecular flexibility index (Phi) is 7.69. The van der Waals surface area contributed by atoms with Crippen molar-refractivity contribution in [3.8, 4) is 0 Å². The number of hydrogen-bond acceptors (Lipinski definition) is 2. The van der Waals surface area contributed by atoms with Crippen molar-refractivity contribution in [1.29, 1.82) is 0 Å². The lowest BCUT2D eigenvalue weighted by molar-refractivity contribution is -0.125. The summed E-state index contributed by atoms with van der Waals surface area (Å²) in [5.41, 5.74) is 0. The smallest absolute Gasteiger partial charge is 0.223 e.